The zero-order chi connectivity index (χ0) is 24.1. The van der Waals surface area contributed by atoms with Gasteiger partial charge in [-0.1, -0.05) is 34.1 Å². The number of nitrogens with two attached hydrogens (primary N) is 3. The van der Waals surface area contributed by atoms with E-state index in [0.29, 0.717) is 12.8 Å². The Bertz CT molecular complexity index is 650. The Balaban J connectivity index is 4.83. The first-order valence-corrected chi connectivity index (χ1v) is 10.3. The van der Waals surface area contributed by atoms with E-state index < -0.39 is 48.4 Å². The SMILES string of the molecule is CC[C@H](C)[C@H](NC(=O)[C@@H](N)C(C)C)C(=O)NCC(=O)N[C@@H](CCCN=C(N)N)C(=O)O. The maximum atomic E-state index is 12.6. The van der Waals surface area contributed by atoms with Crippen molar-refractivity contribution in [1.29, 1.82) is 0 Å². The molecule has 12 nitrogen and oxygen atoms in total. The molecule has 0 saturated carbocycles. The van der Waals surface area contributed by atoms with Gasteiger partial charge in [-0.3, -0.25) is 19.4 Å². The lowest BCUT2D eigenvalue weighted by atomic mass is 9.96. The number of carbonyl (C=O) groups excluding carboxylic acids is 3. The zero-order valence-corrected chi connectivity index (χ0v) is 18.7. The summed E-state index contributed by atoms with van der Waals surface area (Å²) in [5.74, 6) is -3.29. The van der Waals surface area contributed by atoms with Gasteiger partial charge >= 0.3 is 5.97 Å². The molecule has 0 rings (SSSR count). The second-order valence-electron chi connectivity index (χ2n) is 7.77. The molecular formula is C19H37N7O5. The van der Waals surface area contributed by atoms with Crippen molar-refractivity contribution in [3.63, 3.8) is 0 Å². The van der Waals surface area contributed by atoms with Crippen molar-refractivity contribution in [3.05, 3.63) is 0 Å². The van der Waals surface area contributed by atoms with Crippen LogP contribution in [-0.4, -0.2) is 66.0 Å². The van der Waals surface area contributed by atoms with Gasteiger partial charge in [0.2, 0.25) is 17.7 Å². The minimum absolute atomic E-state index is 0.101. The van der Waals surface area contributed by atoms with Crippen molar-refractivity contribution in [2.75, 3.05) is 13.1 Å². The van der Waals surface area contributed by atoms with E-state index in [1.807, 2.05) is 6.92 Å². The highest BCUT2D eigenvalue weighted by Crippen LogP contribution is 2.09. The Labute approximate surface area is 182 Å². The molecule has 178 valence electrons. The smallest absolute Gasteiger partial charge is 0.326 e. The Morgan fingerprint density at radius 1 is 1.03 bits per heavy atom. The Hall–Kier alpha value is -2.89. The van der Waals surface area contributed by atoms with E-state index in [1.54, 1.807) is 20.8 Å². The molecule has 0 fully saturated rings. The number of hydrogen-bond acceptors (Lipinski definition) is 6. The molecule has 0 bridgehead atoms. The number of aliphatic imine (C=N–C) groups is 1. The van der Waals surface area contributed by atoms with Crippen LogP contribution in [0.3, 0.4) is 0 Å². The number of carboxylic acid groups (broad SMARTS) is 1. The summed E-state index contributed by atoms with van der Waals surface area (Å²) in [6, 6.07) is -2.78. The monoisotopic (exact) mass is 443 g/mol. The minimum atomic E-state index is -1.21. The highest BCUT2D eigenvalue weighted by Gasteiger charge is 2.29. The van der Waals surface area contributed by atoms with Crippen molar-refractivity contribution >= 4 is 29.7 Å². The highest BCUT2D eigenvalue weighted by molar-refractivity contribution is 5.92. The molecule has 0 heterocycles. The second kappa shape index (κ2) is 14.2. The average molecular weight is 444 g/mol. The second-order valence-corrected chi connectivity index (χ2v) is 7.77. The number of hydrogen-bond donors (Lipinski definition) is 7. The van der Waals surface area contributed by atoms with Crippen molar-refractivity contribution in [2.45, 2.75) is 65.1 Å². The molecule has 0 unspecified atom stereocenters. The number of carboxylic acids is 1. The van der Waals surface area contributed by atoms with E-state index in [1.165, 1.54) is 0 Å². The van der Waals surface area contributed by atoms with Gasteiger partial charge in [0.25, 0.3) is 0 Å². The molecule has 0 aromatic rings. The number of carbonyl (C=O) groups is 4. The molecule has 31 heavy (non-hydrogen) atoms. The van der Waals surface area contributed by atoms with Crippen LogP contribution in [0.5, 0.6) is 0 Å². The predicted octanol–water partition coefficient (Wildman–Crippen LogP) is -1.76. The van der Waals surface area contributed by atoms with Gasteiger partial charge in [0, 0.05) is 6.54 Å². The molecule has 3 amide bonds. The van der Waals surface area contributed by atoms with E-state index in [4.69, 9.17) is 17.2 Å². The van der Waals surface area contributed by atoms with Crippen LogP contribution in [0, 0.1) is 11.8 Å². The van der Waals surface area contributed by atoms with Crippen molar-refractivity contribution in [1.82, 2.24) is 16.0 Å². The summed E-state index contributed by atoms with van der Waals surface area (Å²) in [6.45, 7) is 7.05. The highest BCUT2D eigenvalue weighted by atomic mass is 16.4. The summed E-state index contributed by atoms with van der Waals surface area (Å²) in [7, 11) is 0. The standard InChI is InChI=1S/C19H37N7O5/c1-5-11(4)15(26-16(28)14(20)10(2)3)17(29)24-9-13(27)25-12(18(30)31)7-6-8-23-19(21)22/h10-12,14-15H,5-9,20H2,1-4H3,(H,24,29)(H,25,27)(H,26,28)(H,30,31)(H4,21,22,23)/t11-,12-,14-,15-/m0/s1. The third-order valence-electron chi connectivity index (χ3n) is 4.82. The van der Waals surface area contributed by atoms with Crippen molar-refractivity contribution < 1.29 is 24.3 Å². The van der Waals surface area contributed by atoms with Crippen LogP contribution in [0.1, 0.15) is 47.0 Å². The van der Waals surface area contributed by atoms with Gasteiger partial charge in [-0.15, -0.1) is 0 Å². The van der Waals surface area contributed by atoms with Crippen LogP contribution in [0.2, 0.25) is 0 Å². The fourth-order valence-corrected chi connectivity index (χ4v) is 2.54. The third-order valence-corrected chi connectivity index (χ3v) is 4.82. The minimum Gasteiger partial charge on any atom is -0.480 e. The molecule has 0 aromatic carbocycles. The number of guanidine groups is 1. The zero-order valence-electron chi connectivity index (χ0n) is 18.7. The lowest BCUT2D eigenvalue weighted by Gasteiger charge is -2.26. The lowest BCUT2D eigenvalue weighted by Crippen LogP contribution is -2.56. The molecule has 4 atom stereocenters. The van der Waals surface area contributed by atoms with Gasteiger partial charge in [-0.25, -0.2) is 4.79 Å². The van der Waals surface area contributed by atoms with Gasteiger partial charge in [-0.2, -0.15) is 0 Å². The summed E-state index contributed by atoms with van der Waals surface area (Å²) in [5.41, 5.74) is 16.2. The molecule has 0 aliphatic carbocycles. The van der Waals surface area contributed by atoms with Gasteiger partial charge in [0.1, 0.15) is 12.1 Å². The molecule has 0 saturated heterocycles. The van der Waals surface area contributed by atoms with Gasteiger partial charge in [0.15, 0.2) is 5.96 Å². The Morgan fingerprint density at radius 3 is 2.13 bits per heavy atom. The fourth-order valence-electron chi connectivity index (χ4n) is 2.54. The van der Waals surface area contributed by atoms with Gasteiger partial charge < -0.3 is 38.3 Å². The van der Waals surface area contributed by atoms with Crippen molar-refractivity contribution in [3.8, 4) is 0 Å². The lowest BCUT2D eigenvalue weighted by molar-refractivity contribution is -0.142. The van der Waals surface area contributed by atoms with Crippen LogP contribution in [-0.2, 0) is 19.2 Å². The Kier molecular flexibility index (Phi) is 12.9. The predicted molar refractivity (Wildman–Crippen MR) is 117 cm³/mol. The summed E-state index contributed by atoms with van der Waals surface area (Å²) in [6.07, 6.45) is 1.07. The number of aliphatic carboxylic acids is 1. The van der Waals surface area contributed by atoms with Crippen LogP contribution in [0.25, 0.3) is 0 Å². The van der Waals surface area contributed by atoms with Crippen LogP contribution < -0.4 is 33.2 Å². The third kappa shape index (κ3) is 11.2. The van der Waals surface area contributed by atoms with Gasteiger partial charge in [-0.05, 0) is 24.7 Å². The topological polar surface area (TPSA) is 215 Å². The molecular weight excluding hydrogens is 406 g/mol. The average Bonchev–Trinajstić information content (AvgIpc) is 2.70. The van der Waals surface area contributed by atoms with E-state index in [0.717, 1.165) is 0 Å². The largest absolute Gasteiger partial charge is 0.480 e. The van der Waals surface area contributed by atoms with Crippen molar-refractivity contribution in [2.24, 2.45) is 34.0 Å². The summed E-state index contributed by atoms with van der Waals surface area (Å²) in [4.78, 5) is 52.0. The van der Waals surface area contributed by atoms with Crippen LogP contribution in [0.4, 0.5) is 0 Å². The number of nitrogens with one attached hydrogen (secondary N) is 3. The Morgan fingerprint density at radius 2 is 1.65 bits per heavy atom. The first-order chi connectivity index (χ1) is 14.4. The summed E-state index contributed by atoms with van der Waals surface area (Å²) in [5, 5.41) is 16.7. The van der Waals surface area contributed by atoms with E-state index >= 15 is 0 Å². The van der Waals surface area contributed by atoms with E-state index in [2.05, 4.69) is 20.9 Å². The molecule has 0 aliphatic rings. The summed E-state index contributed by atoms with van der Waals surface area (Å²) < 4.78 is 0. The van der Waals surface area contributed by atoms with E-state index in [-0.39, 0.29) is 30.8 Å². The number of rotatable bonds is 14. The van der Waals surface area contributed by atoms with Crippen LogP contribution in [0.15, 0.2) is 4.99 Å². The van der Waals surface area contributed by atoms with E-state index in [9.17, 15) is 24.3 Å². The quantitative estimate of drug-likeness (QED) is 0.0924. The molecule has 0 spiro atoms. The van der Waals surface area contributed by atoms with Crippen LogP contribution >= 0.6 is 0 Å². The molecule has 0 aromatic heterocycles. The molecule has 10 N–H and O–H groups in total. The molecule has 0 radical (unpaired) electrons. The summed E-state index contributed by atoms with van der Waals surface area (Å²) >= 11 is 0. The maximum Gasteiger partial charge on any atom is 0.326 e. The van der Waals surface area contributed by atoms with Gasteiger partial charge in [0.05, 0.1) is 12.6 Å². The normalized spacial score (nSPS) is 14.6. The maximum absolute atomic E-state index is 12.6. The number of amides is 3. The molecule has 12 heteroatoms. The molecule has 0 aliphatic heterocycles. The number of nitrogens with zero attached hydrogens (tertiary/aromatic N) is 1. The first kappa shape index (κ1) is 28.1. The fraction of sp³-hybridized carbons (Fsp3) is 0.737. The first-order valence-electron chi connectivity index (χ1n) is 10.3.